The van der Waals surface area contributed by atoms with Crippen LogP contribution >= 0.6 is 11.6 Å². The second-order valence-corrected chi connectivity index (χ2v) is 6.79. The van der Waals surface area contributed by atoms with Crippen molar-refractivity contribution in [1.82, 2.24) is 15.1 Å². The fourth-order valence-corrected chi connectivity index (χ4v) is 3.07. The molecule has 1 aliphatic rings. The van der Waals surface area contributed by atoms with Crippen LogP contribution < -0.4 is 0 Å². The summed E-state index contributed by atoms with van der Waals surface area (Å²) in [6.07, 6.45) is 1.46. The summed E-state index contributed by atoms with van der Waals surface area (Å²) < 4.78 is 10.7. The zero-order valence-electron chi connectivity index (χ0n) is 15.5. The first-order valence-corrected chi connectivity index (χ1v) is 9.22. The van der Waals surface area contributed by atoms with E-state index < -0.39 is 17.8 Å². The fraction of sp³-hybridized carbons (Fsp3) is 0.0952. The van der Waals surface area contributed by atoms with Gasteiger partial charge in [-0.25, -0.2) is 4.79 Å². The van der Waals surface area contributed by atoms with E-state index in [9.17, 15) is 14.4 Å². The van der Waals surface area contributed by atoms with E-state index in [1.54, 1.807) is 24.3 Å². The highest BCUT2D eigenvalue weighted by Gasteiger charge is 2.35. The lowest BCUT2D eigenvalue weighted by atomic mass is 10.1. The van der Waals surface area contributed by atoms with Crippen molar-refractivity contribution < 1.29 is 23.5 Å². The largest absolute Gasteiger partial charge is 0.452 e. The lowest BCUT2D eigenvalue weighted by molar-refractivity contribution is 0.0438. The van der Waals surface area contributed by atoms with Gasteiger partial charge in [0.1, 0.15) is 0 Å². The molecule has 0 N–H and O–H groups in total. The molecule has 8 nitrogen and oxygen atoms in total. The molecule has 150 valence electrons. The SMILES string of the molecule is C=CCN1C(=O)c2ccc(C(=O)OCc3nnc(-c4ccc(Cl)cc4)o3)cc2C1=O. The van der Waals surface area contributed by atoms with Crippen LogP contribution in [0.3, 0.4) is 0 Å². The Morgan fingerprint density at radius 3 is 2.57 bits per heavy atom. The van der Waals surface area contributed by atoms with Gasteiger partial charge in [0.15, 0.2) is 6.61 Å². The molecule has 0 radical (unpaired) electrons. The quantitative estimate of drug-likeness (QED) is 0.339. The first-order chi connectivity index (χ1) is 14.5. The molecule has 0 aliphatic carbocycles. The lowest BCUT2D eigenvalue weighted by Gasteiger charge is -2.09. The summed E-state index contributed by atoms with van der Waals surface area (Å²) in [5, 5.41) is 8.34. The summed E-state index contributed by atoms with van der Waals surface area (Å²) in [5.74, 6) is -1.21. The second kappa shape index (κ2) is 7.92. The van der Waals surface area contributed by atoms with Crippen LogP contribution in [0.25, 0.3) is 11.5 Å². The molecule has 2 amide bonds. The van der Waals surface area contributed by atoms with E-state index in [1.807, 2.05) is 0 Å². The molecule has 0 saturated heterocycles. The number of fused-ring (bicyclic) bond motifs is 1. The van der Waals surface area contributed by atoms with Gasteiger partial charge in [-0.05, 0) is 42.5 Å². The number of benzene rings is 2. The fourth-order valence-electron chi connectivity index (χ4n) is 2.94. The van der Waals surface area contributed by atoms with Gasteiger partial charge in [-0.3, -0.25) is 14.5 Å². The van der Waals surface area contributed by atoms with E-state index in [2.05, 4.69) is 16.8 Å². The third-order valence-corrected chi connectivity index (χ3v) is 4.65. The summed E-state index contributed by atoms with van der Waals surface area (Å²) in [7, 11) is 0. The van der Waals surface area contributed by atoms with E-state index in [0.29, 0.717) is 10.6 Å². The van der Waals surface area contributed by atoms with Gasteiger partial charge in [-0.1, -0.05) is 17.7 Å². The van der Waals surface area contributed by atoms with Crippen LogP contribution in [0.4, 0.5) is 0 Å². The van der Waals surface area contributed by atoms with Gasteiger partial charge in [0.25, 0.3) is 17.7 Å². The van der Waals surface area contributed by atoms with Crippen molar-refractivity contribution in [3.63, 3.8) is 0 Å². The molecule has 4 rings (SSSR count). The highest BCUT2D eigenvalue weighted by molar-refractivity contribution is 6.30. The first kappa shape index (κ1) is 19.5. The van der Waals surface area contributed by atoms with Gasteiger partial charge in [-0.2, -0.15) is 0 Å². The Bertz CT molecular complexity index is 1170. The van der Waals surface area contributed by atoms with Gasteiger partial charge in [0.2, 0.25) is 5.89 Å². The minimum absolute atomic E-state index is 0.0965. The third-order valence-electron chi connectivity index (χ3n) is 4.40. The standard InChI is InChI=1S/C21H14ClN3O5/c1-2-9-25-19(26)15-8-5-13(10-16(15)20(25)27)21(28)29-11-17-23-24-18(30-17)12-3-6-14(22)7-4-12/h2-8,10H,1,9,11H2. The molecule has 0 saturated carbocycles. The van der Waals surface area contributed by atoms with Gasteiger partial charge in [0, 0.05) is 17.1 Å². The summed E-state index contributed by atoms with van der Waals surface area (Å²) in [6, 6.07) is 11.0. The van der Waals surface area contributed by atoms with Crippen molar-refractivity contribution in [2.75, 3.05) is 6.54 Å². The summed E-state index contributed by atoms with van der Waals surface area (Å²) in [4.78, 5) is 38.0. The van der Waals surface area contributed by atoms with Crippen molar-refractivity contribution >= 4 is 29.4 Å². The molecule has 0 bridgehead atoms. The van der Waals surface area contributed by atoms with Crippen LogP contribution in [-0.2, 0) is 11.3 Å². The molecule has 0 fully saturated rings. The summed E-state index contributed by atoms with van der Waals surface area (Å²) in [5.41, 5.74) is 1.20. The highest BCUT2D eigenvalue weighted by atomic mass is 35.5. The number of halogens is 1. The Morgan fingerprint density at radius 2 is 1.83 bits per heavy atom. The molecular formula is C21H14ClN3O5. The lowest BCUT2D eigenvalue weighted by Crippen LogP contribution is -2.29. The predicted molar refractivity (Wildman–Crippen MR) is 106 cm³/mol. The number of imide groups is 1. The van der Waals surface area contributed by atoms with Crippen LogP contribution in [0, 0.1) is 0 Å². The number of ether oxygens (including phenoxy) is 1. The van der Waals surface area contributed by atoms with Crippen LogP contribution in [0.1, 0.15) is 37.0 Å². The van der Waals surface area contributed by atoms with Crippen LogP contribution in [0.2, 0.25) is 5.02 Å². The second-order valence-electron chi connectivity index (χ2n) is 6.35. The van der Waals surface area contributed by atoms with E-state index in [0.717, 1.165) is 4.90 Å². The van der Waals surface area contributed by atoms with E-state index >= 15 is 0 Å². The van der Waals surface area contributed by atoms with Crippen molar-refractivity contribution in [3.8, 4) is 11.5 Å². The van der Waals surface area contributed by atoms with Gasteiger partial charge in [-0.15, -0.1) is 16.8 Å². The number of amides is 2. The third kappa shape index (κ3) is 3.60. The molecule has 1 aromatic heterocycles. The molecule has 30 heavy (non-hydrogen) atoms. The van der Waals surface area contributed by atoms with Crippen molar-refractivity contribution in [1.29, 1.82) is 0 Å². The molecular weight excluding hydrogens is 410 g/mol. The minimum atomic E-state index is -0.688. The number of hydrogen-bond acceptors (Lipinski definition) is 7. The number of rotatable bonds is 6. The van der Waals surface area contributed by atoms with Crippen LogP contribution in [-0.4, -0.2) is 39.4 Å². The van der Waals surface area contributed by atoms with E-state index in [-0.39, 0.29) is 41.6 Å². The zero-order chi connectivity index (χ0) is 21.3. The molecule has 1 aliphatic heterocycles. The number of esters is 1. The molecule has 0 spiro atoms. The average Bonchev–Trinajstić information content (AvgIpc) is 3.32. The maximum Gasteiger partial charge on any atom is 0.338 e. The zero-order valence-corrected chi connectivity index (χ0v) is 16.3. The summed E-state index contributed by atoms with van der Waals surface area (Å²) in [6.45, 7) is 3.39. The smallest absolute Gasteiger partial charge is 0.338 e. The minimum Gasteiger partial charge on any atom is -0.452 e. The topological polar surface area (TPSA) is 103 Å². The van der Waals surface area contributed by atoms with Crippen LogP contribution in [0.5, 0.6) is 0 Å². The molecule has 3 aromatic rings. The van der Waals surface area contributed by atoms with Gasteiger partial charge >= 0.3 is 5.97 Å². The Morgan fingerprint density at radius 1 is 1.10 bits per heavy atom. The Hall–Kier alpha value is -3.78. The molecule has 0 atom stereocenters. The van der Waals surface area contributed by atoms with Gasteiger partial charge < -0.3 is 9.15 Å². The van der Waals surface area contributed by atoms with E-state index in [1.165, 1.54) is 24.3 Å². The molecule has 2 heterocycles. The number of hydrogen-bond donors (Lipinski definition) is 0. The van der Waals surface area contributed by atoms with Crippen LogP contribution in [0.15, 0.2) is 59.5 Å². The Kier molecular flexibility index (Phi) is 5.16. The summed E-state index contributed by atoms with van der Waals surface area (Å²) >= 11 is 5.85. The van der Waals surface area contributed by atoms with Gasteiger partial charge in [0.05, 0.1) is 16.7 Å². The highest BCUT2D eigenvalue weighted by Crippen LogP contribution is 2.25. The molecule has 9 heteroatoms. The average molecular weight is 424 g/mol. The van der Waals surface area contributed by atoms with Crippen molar-refractivity contribution in [2.24, 2.45) is 0 Å². The monoisotopic (exact) mass is 423 g/mol. The molecule has 0 unspecified atom stereocenters. The number of nitrogens with zero attached hydrogens (tertiary/aromatic N) is 3. The van der Waals surface area contributed by atoms with E-state index in [4.69, 9.17) is 20.8 Å². The van der Waals surface area contributed by atoms with Crippen molar-refractivity contribution in [2.45, 2.75) is 6.61 Å². The molecule has 2 aromatic carbocycles. The Balaban J connectivity index is 1.45. The number of aromatic nitrogens is 2. The van der Waals surface area contributed by atoms with Crippen molar-refractivity contribution in [3.05, 3.63) is 82.7 Å². The number of carbonyl (C=O) groups is 3. The normalized spacial score (nSPS) is 12.8. The predicted octanol–water partition coefficient (Wildman–Crippen LogP) is 3.53. The maximum absolute atomic E-state index is 12.4. The first-order valence-electron chi connectivity index (χ1n) is 8.84. The number of carbonyl (C=O) groups excluding carboxylic acids is 3. The Labute approximate surface area is 175 Å². The maximum atomic E-state index is 12.4.